The minimum Gasteiger partial charge on any atom is -0.370 e. The number of nitrogens with zero attached hydrogens (tertiary/aromatic N) is 4. The molecule has 0 aliphatic rings. The van der Waals surface area contributed by atoms with Crippen molar-refractivity contribution in [2.24, 2.45) is 5.92 Å². The minimum atomic E-state index is -0.0126. The maximum atomic E-state index is 9.05. The number of nitrogens with one attached hydrogen (secondary N) is 1. The van der Waals surface area contributed by atoms with Crippen LogP contribution in [0.3, 0.4) is 0 Å². The Morgan fingerprint density at radius 2 is 2.05 bits per heavy atom. The van der Waals surface area contributed by atoms with E-state index < -0.39 is 0 Å². The quantitative estimate of drug-likeness (QED) is 0.756. The van der Waals surface area contributed by atoms with Crippen LogP contribution in [0.4, 0.5) is 11.6 Å². The van der Waals surface area contributed by atoms with Gasteiger partial charge in [0.05, 0.1) is 12.0 Å². The zero-order valence-electron chi connectivity index (χ0n) is 13.7. The number of anilines is 2. The molecule has 0 bridgehead atoms. The largest absolute Gasteiger partial charge is 0.370 e. The number of aromatic nitrogens is 2. The van der Waals surface area contributed by atoms with Gasteiger partial charge in [0.1, 0.15) is 18.0 Å². The van der Waals surface area contributed by atoms with Crippen LogP contribution in [0.25, 0.3) is 0 Å². The van der Waals surface area contributed by atoms with E-state index in [1.807, 2.05) is 6.92 Å². The van der Waals surface area contributed by atoms with Gasteiger partial charge >= 0.3 is 0 Å². The molecule has 0 amide bonds. The fraction of sp³-hybridized carbons (Fsp3) is 0.688. The third-order valence-electron chi connectivity index (χ3n) is 3.36. The summed E-state index contributed by atoms with van der Waals surface area (Å²) in [5.74, 6) is 1.89. The fourth-order valence-electron chi connectivity index (χ4n) is 2.29. The first-order valence-electron chi connectivity index (χ1n) is 7.90. The highest BCUT2D eigenvalue weighted by atomic mass is 15.2. The van der Waals surface area contributed by atoms with Crippen molar-refractivity contribution in [3.8, 4) is 6.07 Å². The average Bonchev–Trinajstić information content (AvgIpc) is 2.51. The minimum absolute atomic E-state index is 0.0126. The van der Waals surface area contributed by atoms with Gasteiger partial charge in [-0.15, -0.1) is 0 Å². The molecule has 1 aromatic rings. The van der Waals surface area contributed by atoms with Crippen molar-refractivity contribution in [2.45, 2.75) is 47.0 Å². The summed E-state index contributed by atoms with van der Waals surface area (Å²) in [6, 6.07) is 2.30. The SMILES string of the molecule is CCCNc1ncnc(N(CC)CC(C)C#N)c1CCC. The maximum absolute atomic E-state index is 9.05. The third-order valence-corrected chi connectivity index (χ3v) is 3.36. The van der Waals surface area contributed by atoms with Gasteiger partial charge in [0.2, 0.25) is 0 Å². The Hall–Kier alpha value is -1.83. The molecule has 1 atom stereocenters. The van der Waals surface area contributed by atoms with Crippen LogP contribution in [0.5, 0.6) is 0 Å². The van der Waals surface area contributed by atoms with Crippen LogP contribution >= 0.6 is 0 Å². The number of hydrogen-bond donors (Lipinski definition) is 1. The lowest BCUT2D eigenvalue weighted by atomic mass is 10.1. The van der Waals surface area contributed by atoms with E-state index in [9.17, 15) is 0 Å². The lowest BCUT2D eigenvalue weighted by molar-refractivity contribution is 0.674. The second-order valence-electron chi connectivity index (χ2n) is 5.27. The van der Waals surface area contributed by atoms with Gasteiger partial charge in [0, 0.05) is 25.2 Å². The van der Waals surface area contributed by atoms with Gasteiger partial charge in [-0.2, -0.15) is 5.26 Å². The van der Waals surface area contributed by atoms with Crippen LogP contribution in [0.15, 0.2) is 6.33 Å². The third kappa shape index (κ3) is 4.89. The molecule has 0 saturated carbocycles. The van der Waals surface area contributed by atoms with E-state index in [0.29, 0.717) is 6.54 Å². The molecular weight excluding hydrogens is 262 g/mol. The molecule has 1 rings (SSSR count). The Labute approximate surface area is 128 Å². The Morgan fingerprint density at radius 3 is 2.62 bits per heavy atom. The standard InChI is InChI=1S/C16H27N5/c1-5-8-14-15(18-9-6-2)19-12-20-16(14)21(7-3)11-13(4)10-17/h12-13H,5-9,11H2,1-4H3,(H,18,19,20). The van der Waals surface area contributed by atoms with Gasteiger partial charge in [0.15, 0.2) is 0 Å². The van der Waals surface area contributed by atoms with Gasteiger partial charge in [-0.1, -0.05) is 20.3 Å². The summed E-state index contributed by atoms with van der Waals surface area (Å²) >= 11 is 0. The molecular formula is C16H27N5. The molecule has 0 aromatic carbocycles. The first kappa shape index (κ1) is 17.2. The topological polar surface area (TPSA) is 64.8 Å². The number of nitriles is 1. The normalized spacial score (nSPS) is 11.8. The van der Waals surface area contributed by atoms with Crippen LogP contribution in [0.1, 0.15) is 46.1 Å². The van der Waals surface area contributed by atoms with E-state index in [2.05, 4.69) is 47.0 Å². The van der Waals surface area contributed by atoms with E-state index in [1.165, 1.54) is 5.56 Å². The summed E-state index contributed by atoms with van der Waals surface area (Å²) < 4.78 is 0. The van der Waals surface area contributed by atoms with Crippen LogP contribution in [0.2, 0.25) is 0 Å². The lowest BCUT2D eigenvalue weighted by Crippen LogP contribution is -2.30. The molecule has 1 N–H and O–H groups in total. The molecule has 5 nitrogen and oxygen atoms in total. The molecule has 1 heterocycles. The molecule has 0 aliphatic carbocycles. The van der Waals surface area contributed by atoms with E-state index >= 15 is 0 Å². The second-order valence-corrected chi connectivity index (χ2v) is 5.27. The van der Waals surface area contributed by atoms with Crippen molar-refractivity contribution in [3.05, 3.63) is 11.9 Å². The first-order chi connectivity index (χ1) is 10.2. The van der Waals surface area contributed by atoms with E-state index in [4.69, 9.17) is 5.26 Å². The monoisotopic (exact) mass is 289 g/mol. The van der Waals surface area contributed by atoms with Gasteiger partial charge in [-0.3, -0.25) is 0 Å². The van der Waals surface area contributed by atoms with Crippen LogP contribution in [0, 0.1) is 17.2 Å². The Balaban J connectivity index is 3.10. The second kappa shape index (κ2) is 9.17. The van der Waals surface area contributed by atoms with Gasteiger partial charge in [0.25, 0.3) is 0 Å². The van der Waals surface area contributed by atoms with Crippen molar-refractivity contribution in [1.82, 2.24) is 9.97 Å². The molecule has 21 heavy (non-hydrogen) atoms. The Morgan fingerprint density at radius 1 is 1.29 bits per heavy atom. The van der Waals surface area contributed by atoms with Crippen molar-refractivity contribution in [3.63, 3.8) is 0 Å². The zero-order valence-corrected chi connectivity index (χ0v) is 13.7. The lowest BCUT2D eigenvalue weighted by Gasteiger charge is -2.26. The Bertz CT molecular complexity index is 466. The van der Waals surface area contributed by atoms with Crippen molar-refractivity contribution in [1.29, 1.82) is 5.26 Å². The molecule has 0 saturated heterocycles. The first-order valence-corrected chi connectivity index (χ1v) is 7.90. The molecule has 0 radical (unpaired) electrons. The number of rotatable bonds is 9. The highest BCUT2D eigenvalue weighted by molar-refractivity contribution is 5.59. The predicted octanol–water partition coefficient (Wildman–Crippen LogP) is 3.24. The van der Waals surface area contributed by atoms with Crippen molar-refractivity contribution in [2.75, 3.05) is 29.9 Å². The van der Waals surface area contributed by atoms with Crippen molar-refractivity contribution < 1.29 is 0 Å². The van der Waals surface area contributed by atoms with Gasteiger partial charge in [-0.25, -0.2) is 9.97 Å². The molecule has 116 valence electrons. The predicted molar refractivity (Wildman–Crippen MR) is 87.5 cm³/mol. The fourth-order valence-corrected chi connectivity index (χ4v) is 2.29. The molecule has 1 aromatic heterocycles. The smallest absolute Gasteiger partial charge is 0.137 e. The highest BCUT2D eigenvalue weighted by Gasteiger charge is 2.17. The Kier molecular flexibility index (Phi) is 7.52. The van der Waals surface area contributed by atoms with E-state index in [-0.39, 0.29) is 5.92 Å². The van der Waals surface area contributed by atoms with Gasteiger partial charge < -0.3 is 10.2 Å². The van der Waals surface area contributed by atoms with Crippen LogP contribution in [-0.4, -0.2) is 29.6 Å². The van der Waals surface area contributed by atoms with Crippen LogP contribution < -0.4 is 10.2 Å². The maximum Gasteiger partial charge on any atom is 0.137 e. The van der Waals surface area contributed by atoms with Crippen molar-refractivity contribution >= 4 is 11.6 Å². The average molecular weight is 289 g/mol. The highest BCUT2D eigenvalue weighted by Crippen LogP contribution is 2.25. The molecule has 0 spiro atoms. The van der Waals surface area contributed by atoms with E-state index in [0.717, 1.165) is 44.0 Å². The summed E-state index contributed by atoms with van der Waals surface area (Å²) in [6.45, 7) is 10.8. The summed E-state index contributed by atoms with van der Waals surface area (Å²) in [4.78, 5) is 11.1. The summed E-state index contributed by atoms with van der Waals surface area (Å²) in [5, 5.41) is 12.4. The molecule has 0 fully saturated rings. The van der Waals surface area contributed by atoms with E-state index in [1.54, 1.807) is 6.33 Å². The molecule has 0 aliphatic heterocycles. The molecule has 5 heteroatoms. The number of hydrogen-bond acceptors (Lipinski definition) is 5. The summed E-state index contributed by atoms with van der Waals surface area (Å²) in [5.41, 5.74) is 1.17. The van der Waals surface area contributed by atoms with Crippen LogP contribution in [-0.2, 0) is 6.42 Å². The summed E-state index contributed by atoms with van der Waals surface area (Å²) in [6.07, 6.45) is 4.67. The molecule has 1 unspecified atom stereocenters. The van der Waals surface area contributed by atoms with Gasteiger partial charge in [-0.05, 0) is 26.7 Å². The zero-order chi connectivity index (χ0) is 15.7. The summed E-state index contributed by atoms with van der Waals surface area (Å²) in [7, 11) is 0.